The third-order valence-electron chi connectivity index (χ3n) is 4.14. The SMILES string of the molecule is CC(=O)N1c2ccc(-c3cn[nH]c3)cc2N(C(=O)OC(C)C)C[C@@H]1C. The Morgan fingerprint density at radius 3 is 2.64 bits per heavy atom. The van der Waals surface area contributed by atoms with Crippen molar-refractivity contribution in [3.63, 3.8) is 0 Å². The third-order valence-corrected chi connectivity index (χ3v) is 4.14. The number of carbonyl (C=O) groups is 2. The largest absolute Gasteiger partial charge is 0.446 e. The molecule has 25 heavy (non-hydrogen) atoms. The van der Waals surface area contributed by atoms with Crippen LogP contribution < -0.4 is 9.80 Å². The highest BCUT2D eigenvalue weighted by atomic mass is 16.6. The number of nitrogens with zero attached hydrogens (tertiary/aromatic N) is 3. The molecule has 132 valence electrons. The molecule has 1 aliphatic heterocycles. The molecule has 0 radical (unpaired) electrons. The Kier molecular flexibility index (Phi) is 4.48. The summed E-state index contributed by atoms with van der Waals surface area (Å²) in [5.41, 5.74) is 3.19. The molecule has 0 spiro atoms. The summed E-state index contributed by atoms with van der Waals surface area (Å²) in [5, 5.41) is 6.75. The van der Waals surface area contributed by atoms with Crippen molar-refractivity contribution in [3.05, 3.63) is 30.6 Å². The van der Waals surface area contributed by atoms with Gasteiger partial charge in [-0.05, 0) is 38.5 Å². The molecule has 0 aliphatic carbocycles. The maximum Gasteiger partial charge on any atom is 0.414 e. The molecule has 1 aliphatic rings. The molecule has 1 N–H and O–H groups in total. The Bertz CT molecular complexity index is 786. The van der Waals surface area contributed by atoms with Crippen molar-refractivity contribution in [1.29, 1.82) is 0 Å². The number of aromatic amines is 1. The summed E-state index contributed by atoms with van der Waals surface area (Å²) in [6, 6.07) is 5.54. The summed E-state index contributed by atoms with van der Waals surface area (Å²) >= 11 is 0. The van der Waals surface area contributed by atoms with Crippen LogP contribution >= 0.6 is 0 Å². The van der Waals surface area contributed by atoms with Gasteiger partial charge in [0.1, 0.15) is 0 Å². The van der Waals surface area contributed by atoms with Gasteiger partial charge in [0.05, 0.1) is 29.7 Å². The van der Waals surface area contributed by atoms with E-state index >= 15 is 0 Å². The minimum Gasteiger partial charge on any atom is -0.446 e. The highest BCUT2D eigenvalue weighted by Gasteiger charge is 2.34. The Morgan fingerprint density at radius 1 is 1.28 bits per heavy atom. The highest BCUT2D eigenvalue weighted by Crippen LogP contribution is 2.39. The molecule has 1 atom stereocenters. The molecule has 0 saturated carbocycles. The lowest BCUT2D eigenvalue weighted by Gasteiger charge is -2.40. The standard InChI is InChI=1S/C18H22N4O3/c1-11(2)25-18(24)21-10-12(3)22(13(4)23)16-6-5-14(7-17(16)21)15-8-19-20-9-15/h5-9,11-12H,10H2,1-4H3,(H,19,20)/t12-/m0/s1. The van der Waals surface area contributed by atoms with Gasteiger partial charge in [0.2, 0.25) is 5.91 Å². The summed E-state index contributed by atoms with van der Waals surface area (Å²) in [6.45, 7) is 7.47. The van der Waals surface area contributed by atoms with Crippen molar-refractivity contribution in [2.75, 3.05) is 16.3 Å². The van der Waals surface area contributed by atoms with Crippen molar-refractivity contribution < 1.29 is 14.3 Å². The first-order chi connectivity index (χ1) is 11.9. The third kappa shape index (κ3) is 3.22. The molecule has 7 nitrogen and oxygen atoms in total. The number of H-pyrrole nitrogens is 1. The summed E-state index contributed by atoms with van der Waals surface area (Å²) in [7, 11) is 0. The van der Waals surface area contributed by atoms with Crippen LogP contribution in [0.1, 0.15) is 27.7 Å². The lowest BCUT2D eigenvalue weighted by atomic mass is 10.0. The number of amides is 2. The van der Waals surface area contributed by atoms with Gasteiger partial charge in [0.15, 0.2) is 0 Å². The number of hydrogen-bond acceptors (Lipinski definition) is 4. The highest BCUT2D eigenvalue weighted by molar-refractivity contribution is 6.03. The van der Waals surface area contributed by atoms with Crippen molar-refractivity contribution in [3.8, 4) is 11.1 Å². The first kappa shape index (κ1) is 17.0. The molecule has 2 amide bonds. The minimum absolute atomic E-state index is 0.0540. The van der Waals surface area contributed by atoms with E-state index in [9.17, 15) is 9.59 Å². The fraction of sp³-hybridized carbons (Fsp3) is 0.389. The number of nitrogens with one attached hydrogen (secondary N) is 1. The van der Waals surface area contributed by atoms with E-state index in [1.807, 2.05) is 39.0 Å². The van der Waals surface area contributed by atoms with Gasteiger partial charge in [-0.15, -0.1) is 0 Å². The molecule has 1 aromatic carbocycles. The van der Waals surface area contributed by atoms with Gasteiger partial charge in [0.25, 0.3) is 0 Å². The van der Waals surface area contributed by atoms with Crippen LogP contribution in [0.3, 0.4) is 0 Å². The molecule has 0 fully saturated rings. The van der Waals surface area contributed by atoms with Crippen LogP contribution in [0.25, 0.3) is 11.1 Å². The van der Waals surface area contributed by atoms with Gasteiger partial charge in [-0.2, -0.15) is 5.10 Å². The van der Waals surface area contributed by atoms with Crippen LogP contribution in [0.15, 0.2) is 30.6 Å². The summed E-state index contributed by atoms with van der Waals surface area (Å²) in [4.78, 5) is 28.0. The van der Waals surface area contributed by atoms with Gasteiger partial charge in [-0.3, -0.25) is 14.8 Å². The van der Waals surface area contributed by atoms with E-state index in [4.69, 9.17) is 4.74 Å². The lowest BCUT2D eigenvalue weighted by Crippen LogP contribution is -2.51. The second-order valence-corrected chi connectivity index (χ2v) is 6.47. The zero-order valence-corrected chi connectivity index (χ0v) is 14.8. The molecule has 2 heterocycles. The van der Waals surface area contributed by atoms with Gasteiger partial charge < -0.3 is 9.64 Å². The first-order valence-electron chi connectivity index (χ1n) is 8.29. The van der Waals surface area contributed by atoms with E-state index in [2.05, 4.69) is 10.2 Å². The van der Waals surface area contributed by atoms with Crippen molar-refractivity contribution >= 4 is 23.4 Å². The predicted octanol–water partition coefficient (Wildman–Crippen LogP) is 3.18. The monoisotopic (exact) mass is 342 g/mol. The first-order valence-corrected chi connectivity index (χ1v) is 8.29. The maximum atomic E-state index is 12.6. The number of ether oxygens (including phenoxy) is 1. The van der Waals surface area contributed by atoms with Gasteiger partial charge in [-0.25, -0.2) is 4.79 Å². The van der Waals surface area contributed by atoms with E-state index < -0.39 is 6.09 Å². The Morgan fingerprint density at radius 2 is 2.04 bits per heavy atom. The van der Waals surface area contributed by atoms with Crippen LogP contribution in [-0.4, -0.2) is 40.9 Å². The number of fused-ring (bicyclic) bond motifs is 1. The summed E-state index contributed by atoms with van der Waals surface area (Å²) < 4.78 is 5.39. The maximum absolute atomic E-state index is 12.6. The molecule has 7 heteroatoms. The quantitative estimate of drug-likeness (QED) is 0.909. The molecule has 1 aromatic heterocycles. The normalized spacial score (nSPS) is 16.8. The molecule has 0 unspecified atom stereocenters. The van der Waals surface area contributed by atoms with E-state index in [1.165, 1.54) is 6.92 Å². The fourth-order valence-electron chi connectivity index (χ4n) is 3.13. The summed E-state index contributed by atoms with van der Waals surface area (Å²) in [6.07, 6.45) is 2.88. The molecular weight excluding hydrogens is 320 g/mol. The number of carbonyl (C=O) groups excluding carboxylic acids is 2. The minimum atomic E-state index is -0.407. The van der Waals surface area contributed by atoms with Gasteiger partial charge >= 0.3 is 6.09 Å². The second kappa shape index (κ2) is 6.58. The van der Waals surface area contributed by atoms with Crippen LogP contribution in [0.2, 0.25) is 0 Å². The predicted molar refractivity (Wildman–Crippen MR) is 95.6 cm³/mol. The number of benzene rings is 1. The van der Waals surface area contributed by atoms with Crippen LogP contribution in [0.5, 0.6) is 0 Å². The topological polar surface area (TPSA) is 78.5 Å². The number of anilines is 2. The van der Waals surface area contributed by atoms with E-state index in [0.717, 1.165) is 11.1 Å². The van der Waals surface area contributed by atoms with Crippen LogP contribution in [0.4, 0.5) is 16.2 Å². The molecular formula is C18H22N4O3. The average molecular weight is 342 g/mol. The van der Waals surface area contributed by atoms with Gasteiger partial charge in [0, 0.05) is 25.2 Å². The second-order valence-electron chi connectivity index (χ2n) is 6.47. The zero-order valence-electron chi connectivity index (χ0n) is 14.8. The Hall–Kier alpha value is -2.83. The van der Waals surface area contributed by atoms with E-state index in [1.54, 1.807) is 22.2 Å². The van der Waals surface area contributed by atoms with E-state index in [-0.39, 0.29) is 18.1 Å². The molecule has 3 rings (SSSR count). The number of rotatable bonds is 2. The Balaban J connectivity index is 2.09. The van der Waals surface area contributed by atoms with E-state index in [0.29, 0.717) is 17.9 Å². The lowest BCUT2D eigenvalue weighted by molar-refractivity contribution is -0.117. The van der Waals surface area contributed by atoms with Crippen molar-refractivity contribution in [1.82, 2.24) is 10.2 Å². The smallest absolute Gasteiger partial charge is 0.414 e. The fourth-order valence-corrected chi connectivity index (χ4v) is 3.13. The summed E-state index contributed by atoms with van der Waals surface area (Å²) in [5.74, 6) is -0.0540. The van der Waals surface area contributed by atoms with Crippen molar-refractivity contribution in [2.45, 2.75) is 39.8 Å². The Labute approximate surface area is 146 Å². The average Bonchev–Trinajstić information content (AvgIpc) is 3.07. The van der Waals surface area contributed by atoms with Crippen molar-refractivity contribution in [2.24, 2.45) is 0 Å². The van der Waals surface area contributed by atoms with Crippen LogP contribution in [-0.2, 0) is 9.53 Å². The molecule has 2 aromatic rings. The number of aromatic nitrogens is 2. The van der Waals surface area contributed by atoms with Crippen LogP contribution in [0, 0.1) is 0 Å². The molecule has 0 bridgehead atoms. The zero-order chi connectivity index (χ0) is 18.1. The number of hydrogen-bond donors (Lipinski definition) is 1. The van der Waals surface area contributed by atoms with Gasteiger partial charge in [-0.1, -0.05) is 6.07 Å². The molecule has 0 saturated heterocycles.